The highest BCUT2D eigenvalue weighted by molar-refractivity contribution is 5.38. The molecule has 7 heteroatoms. The summed E-state index contributed by atoms with van der Waals surface area (Å²) in [7, 11) is 0. The van der Waals surface area contributed by atoms with E-state index in [0.717, 1.165) is 25.7 Å². The summed E-state index contributed by atoms with van der Waals surface area (Å²) < 4.78 is 12.3. The molecule has 0 aliphatic carbocycles. The minimum atomic E-state index is -0.440. The van der Waals surface area contributed by atoms with Gasteiger partial charge in [0.1, 0.15) is 6.20 Å². The van der Waals surface area contributed by atoms with Crippen LogP contribution in [0.1, 0.15) is 38.6 Å². The first-order valence-electron chi connectivity index (χ1n) is 6.66. The predicted octanol–water partition coefficient (Wildman–Crippen LogP) is 2.32. The van der Waals surface area contributed by atoms with Gasteiger partial charge < -0.3 is 9.47 Å². The Morgan fingerprint density at radius 3 is 2.95 bits per heavy atom. The molecule has 0 spiro atoms. The zero-order valence-corrected chi connectivity index (χ0v) is 11.1. The van der Waals surface area contributed by atoms with Crippen molar-refractivity contribution in [3.63, 3.8) is 0 Å². The Morgan fingerprint density at radius 1 is 1.58 bits per heavy atom. The van der Waals surface area contributed by atoms with Crippen molar-refractivity contribution in [2.75, 3.05) is 19.8 Å². The molecule has 0 amide bonds. The molecule has 2 heterocycles. The summed E-state index contributed by atoms with van der Waals surface area (Å²) in [6.07, 6.45) is 4.97. The molecule has 1 aliphatic heterocycles. The summed E-state index contributed by atoms with van der Waals surface area (Å²) in [4.78, 5) is 10.6. The van der Waals surface area contributed by atoms with Gasteiger partial charge in [-0.3, -0.25) is 14.8 Å². The molecule has 0 unspecified atom stereocenters. The van der Waals surface area contributed by atoms with Crippen LogP contribution >= 0.6 is 0 Å². The van der Waals surface area contributed by atoms with Gasteiger partial charge in [-0.15, -0.1) is 5.10 Å². The predicted molar refractivity (Wildman–Crippen MR) is 68.4 cm³/mol. The normalized spacial score (nSPS) is 16.5. The summed E-state index contributed by atoms with van der Waals surface area (Å²) in [5.74, 6) is 0.130. The van der Waals surface area contributed by atoms with E-state index in [4.69, 9.17) is 9.47 Å². The number of hydrogen-bond acceptors (Lipinski definition) is 5. The van der Waals surface area contributed by atoms with Gasteiger partial charge in [0.15, 0.2) is 0 Å². The third-order valence-electron chi connectivity index (χ3n) is 3.18. The fourth-order valence-electron chi connectivity index (χ4n) is 2.04. The second-order valence-electron chi connectivity index (χ2n) is 4.60. The molecule has 19 heavy (non-hydrogen) atoms. The van der Waals surface area contributed by atoms with E-state index in [9.17, 15) is 10.1 Å². The van der Waals surface area contributed by atoms with Crippen molar-refractivity contribution in [3.8, 4) is 5.88 Å². The number of aromatic nitrogens is 2. The van der Waals surface area contributed by atoms with Crippen LogP contribution in [0.25, 0.3) is 0 Å². The van der Waals surface area contributed by atoms with Crippen LogP contribution in [0.5, 0.6) is 5.88 Å². The molecule has 2 rings (SSSR count). The van der Waals surface area contributed by atoms with Gasteiger partial charge >= 0.3 is 11.6 Å². The Hall–Kier alpha value is -1.63. The molecule has 106 valence electrons. The van der Waals surface area contributed by atoms with Crippen LogP contribution in [0.15, 0.2) is 6.20 Å². The lowest BCUT2D eigenvalue weighted by atomic mass is 10.1. The standard InChI is InChI=1S/C12H19N3O4/c1-2-3-6-19-12-11(15(16)17)9-14(13-12)10-4-7-18-8-5-10/h9-10H,2-8H2,1H3. The van der Waals surface area contributed by atoms with E-state index in [1.807, 2.05) is 6.92 Å². The van der Waals surface area contributed by atoms with Crippen molar-refractivity contribution in [1.82, 2.24) is 9.78 Å². The average Bonchev–Trinajstić information content (AvgIpc) is 2.84. The largest absolute Gasteiger partial charge is 0.472 e. The van der Waals surface area contributed by atoms with E-state index < -0.39 is 4.92 Å². The van der Waals surface area contributed by atoms with Gasteiger partial charge in [-0.25, -0.2) is 0 Å². The summed E-state index contributed by atoms with van der Waals surface area (Å²) in [6, 6.07) is 0.163. The third kappa shape index (κ3) is 3.44. The Morgan fingerprint density at radius 2 is 2.32 bits per heavy atom. The number of rotatable bonds is 6. The lowest BCUT2D eigenvalue weighted by molar-refractivity contribution is -0.386. The maximum absolute atomic E-state index is 11.0. The van der Waals surface area contributed by atoms with Crippen molar-refractivity contribution in [3.05, 3.63) is 16.3 Å². The van der Waals surface area contributed by atoms with Crippen LogP contribution in [0.2, 0.25) is 0 Å². The number of hydrogen-bond donors (Lipinski definition) is 0. The first-order chi connectivity index (χ1) is 9.22. The van der Waals surface area contributed by atoms with Crippen LogP contribution in [0.4, 0.5) is 5.69 Å². The van der Waals surface area contributed by atoms with Crippen molar-refractivity contribution < 1.29 is 14.4 Å². The lowest BCUT2D eigenvalue weighted by Gasteiger charge is -2.21. The van der Waals surface area contributed by atoms with Gasteiger partial charge in [0, 0.05) is 13.2 Å². The van der Waals surface area contributed by atoms with E-state index in [1.54, 1.807) is 4.68 Å². The van der Waals surface area contributed by atoms with Crippen LogP contribution in [-0.2, 0) is 4.74 Å². The number of nitrogens with zero attached hydrogens (tertiary/aromatic N) is 3. The second-order valence-corrected chi connectivity index (χ2v) is 4.60. The van der Waals surface area contributed by atoms with E-state index in [0.29, 0.717) is 19.8 Å². The Balaban J connectivity index is 2.11. The Kier molecular flexibility index (Phi) is 4.73. The van der Waals surface area contributed by atoms with Gasteiger partial charge in [-0.2, -0.15) is 0 Å². The molecule has 0 aromatic carbocycles. The lowest BCUT2D eigenvalue weighted by Crippen LogP contribution is -2.20. The fraction of sp³-hybridized carbons (Fsp3) is 0.750. The summed E-state index contributed by atoms with van der Waals surface area (Å²) in [5, 5.41) is 15.2. The summed E-state index contributed by atoms with van der Waals surface area (Å²) >= 11 is 0. The Bertz CT molecular complexity index is 427. The van der Waals surface area contributed by atoms with E-state index in [-0.39, 0.29) is 17.6 Å². The summed E-state index contributed by atoms with van der Waals surface area (Å²) in [6.45, 7) is 3.84. The van der Waals surface area contributed by atoms with Gasteiger partial charge in [0.2, 0.25) is 0 Å². The highest BCUT2D eigenvalue weighted by atomic mass is 16.6. The second kappa shape index (κ2) is 6.51. The molecule has 0 atom stereocenters. The van der Waals surface area contributed by atoms with Gasteiger partial charge in [-0.1, -0.05) is 13.3 Å². The zero-order valence-electron chi connectivity index (χ0n) is 11.1. The average molecular weight is 269 g/mol. The summed E-state index contributed by atoms with van der Waals surface area (Å²) in [5.41, 5.74) is -0.0532. The quantitative estimate of drug-likeness (QED) is 0.450. The van der Waals surface area contributed by atoms with E-state index >= 15 is 0 Å². The first-order valence-corrected chi connectivity index (χ1v) is 6.66. The Labute approximate surface area is 111 Å². The highest BCUT2D eigenvalue weighted by Gasteiger charge is 2.25. The molecule has 1 saturated heterocycles. The third-order valence-corrected chi connectivity index (χ3v) is 3.18. The number of nitro groups is 1. The molecule has 0 N–H and O–H groups in total. The van der Waals surface area contributed by atoms with Crippen LogP contribution in [-0.4, -0.2) is 34.5 Å². The maximum Gasteiger partial charge on any atom is 0.350 e. The molecule has 0 bridgehead atoms. The maximum atomic E-state index is 11.0. The minimum Gasteiger partial charge on any atom is -0.472 e. The minimum absolute atomic E-state index is 0.0532. The molecular formula is C12H19N3O4. The van der Waals surface area contributed by atoms with E-state index in [2.05, 4.69) is 5.10 Å². The van der Waals surface area contributed by atoms with Crippen molar-refractivity contribution >= 4 is 5.69 Å². The van der Waals surface area contributed by atoms with Crippen LogP contribution < -0.4 is 4.74 Å². The van der Waals surface area contributed by atoms with Crippen molar-refractivity contribution in [2.45, 2.75) is 38.6 Å². The molecule has 1 fully saturated rings. The smallest absolute Gasteiger partial charge is 0.350 e. The van der Waals surface area contributed by atoms with Crippen molar-refractivity contribution in [1.29, 1.82) is 0 Å². The van der Waals surface area contributed by atoms with Crippen LogP contribution in [0.3, 0.4) is 0 Å². The van der Waals surface area contributed by atoms with Gasteiger partial charge in [0.25, 0.3) is 0 Å². The van der Waals surface area contributed by atoms with Crippen molar-refractivity contribution in [2.24, 2.45) is 0 Å². The highest BCUT2D eigenvalue weighted by Crippen LogP contribution is 2.29. The molecule has 7 nitrogen and oxygen atoms in total. The van der Waals surface area contributed by atoms with Gasteiger partial charge in [-0.05, 0) is 19.3 Å². The molecule has 0 radical (unpaired) electrons. The molecule has 1 aromatic heterocycles. The SMILES string of the molecule is CCCCOc1nn(C2CCOCC2)cc1[N+](=O)[O-]. The number of unbranched alkanes of at least 4 members (excludes halogenated alkanes) is 1. The molecule has 1 aromatic rings. The molecule has 0 saturated carbocycles. The van der Waals surface area contributed by atoms with Crippen LogP contribution in [0, 0.1) is 10.1 Å². The number of ether oxygens (including phenoxy) is 2. The fourth-order valence-corrected chi connectivity index (χ4v) is 2.04. The monoisotopic (exact) mass is 269 g/mol. The van der Waals surface area contributed by atoms with E-state index in [1.165, 1.54) is 6.20 Å². The molecular weight excluding hydrogens is 250 g/mol. The topological polar surface area (TPSA) is 79.4 Å². The zero-order chi connectivity index (χ0) is 13.7. The first kappa shape index (κ1) is 13.8. The van der Waals surface area contributed by atoms with Gasteiger partial charge in [0.05, 0.1) is 17.6 Å². The molecule has 1 aliphatic rings.